The molecule has 0 spiro atoms. The smallest absolute Gasteiger partial charge is 0.347 e. The van der Waals surface area contributed by atoms with Crippen LogP contribution in [0.3, 0.4) is 0 Å². The Labute approximate surface area is 217 Å². The van der Waals surface area contributed by atoms with Crippen molar-refractivity contribution in [2.24, 2.45) is 0 Å². The fraction of sp³-hybridized carbons (Fsp3) is 0.593. The number of unbranched alkanes of at least 4 members (excludes halogenated alkanes) is 5. The molecular formula is C27H39N5O5. The number of carboxylic acid groups (broad SMARTS) is 1. The third-order valence-electron chi connectivity index (χ3n) is 6.01. The molecule has 0 fully saturated rings. The minimum Gasteiger partial charge on any atom is -0.478 e. The van der Waals surface area contributed by atoms with E-state index in [4.69, 9.17) is 10.00 Å². The third-order valence-corrected chi connectivity index (χ3v) is 6.01. The maximum absolute atomic E-state index is 12.9. The van der Waals surface area contributed by atoms with Gasteiger partial charge < -0.3 is 15.2 Å². The number of hydrogen-bond acceptors (Lipinski definition) is 7. The average molecular weight is 514 g/mol. The van der Waals surface area contributed by atoms with E-state index in [-0.39, 0.29) is 18.8 Å². The van der Waals surface area contributed by atoms with Crippen LogP contribution < -0.4 is 21.3 Å². The molecule has 2 N–H and O–H groups in total. The number of ether oxygens (including phenoxy) is 1. The first kappa shape index (κ1) is 29.6. The van der Waals surface area contributed by atoms with Crippen LogP contribution in [0.2, 0.25) is 0 Å². The Morgan fingerprint density at radius 1 is 1.14 bits per heavy atom. The fourth-order valence-electron chi connectivity index (χ4n) is 3.81. The summed E-state index contributed by atoms with van der Waals surface area (Å²) < 4.78 is 8.03. The van der Waals surface area contributed by atoms with E-state index in [0.29, 0.717) is 18.8 Å². The zero-order chi connectivity index (χ0) is 27.3. The largest absolute Gasteiger partial charge is 0.478 e. The first-order valence-electron chi connectivity index (χ1n) is 13.0. The van der Waals surface area contributed by atoms with Gasteiger partial charge in [-0.2, -0.15) is 5.26 Å². The second-order valence-corrected chi connectivity index (χ2v) is 9.58. The molecular weight excluding hydrogens is 474 g/mol. The predicted octanol–water partition coefficient (Wildman–Crippen LogP) is 3.97. The molecule has 0 radical (unpaired) electrons. The van der Waals surface area contributed by atoms with E-state index in [1.807, 2.05) is 24.3 Å². The lowest BCUT2D eigenvalue weighted by molar-refractivity contribution is -0.152. The minimum absolute atomic E-state index is 0.123. The number of aromatic nitrogens is 3. The topological polar surface area (TPSA) is 139 Å². The van der Waals surface area contributed by atoms with Gasteiger partial charge in [-0.05, 0) is 57.2 Å². The van der Waals surface area contributed by atoms with E-state index in [9.17, 15) is 19.5 Å². The lowest BCUT2D eigenvalue weighted by atomic mass is 10.1. The average Bonchev–Trinajstić information content (AvgIpc) is 2.86. The summed E-state index contributed by atoms with van der Waals surface area (Å²) in [4.78, 5) is 37.0. The number of rotatable bonds is 17. The first-order chi connectivity index (χ1) is 17.7. The summed E-state index contributed by atoms with van der Waals surface area (Å²) in [5, 5.41) is 25.4. The van der Waals surface area contributed by atoms with Crippen LogP contribution in [0.25, 0.3) is 0 Å². The van der Waals surface area contributed by atoms with Crippen LogP contribution in [-0.2, 0) is 24.3 Å². The highest BCUT2D eigenvalue weighted by molar-refractivity contribution is 5.76. The molecule has 2 aromatic rings. The number of carboxylic acids is 1. The molecule has 0 atom stereocenters. The van der Waals surface area contributed by atoms with Gasteiger partial charge in [-0.15, -0.1) is 5.10 Å². The number of aliphatic carboxylic acids is 1. The predicted molar refractivity (Wildman–Crippen MR) is 142 cm³/mol. The van der Waals surface area contributed by atoms with Gasteiger partial charge in [0, 0.05) is 13.1 Å². The Morgan fingerprint density at radius 2 is 1.89 bits per heavy atom. The molecule has 0 aliphatic heterocycles. The third kappa shape index (κ3) is 9.41. The molecule has 0 aliphatic carbocycles. The van der Waals surface area contributed by atoms with Crippen LogP contribution in [0.5, 0.6) is 5.75 Å². The van der Waals surface area contributed by atoms with Gasteiger partial charge in [0.2, 0.25) is 5.82 Å². The maximum Gasteiger partial charge on any atom is 0.347 e. The summed E-state index contributed by atoms with van der Waals surface area (Å²) in [5.41, 5.74) is -1.21. The molecule has 2 rings (SSSR count). The number of nitrogens with zero attached hydrogens (tertiary/aromatic N) is 4. The van der Waals surface area contributed by atoms with Crippen molar-refractivity contribution in [1.82, 2.24) is 14.3 Å². The highest BCUT2D eigenvalue weighted by Crippen LogP contribution is 2.21. The van der Waals surface area contributed by atoms with E-state index >= 15 is 0 Å². The molecule has 0 unspecified atom stereocenters. The molecule has 0 saturated heterocycles. The molecule has 0 aliphatic rings. The van der Waals surface area contributed by atoms with Gasteiger partial charge in [-0.25, -0.2) is 14.3 Å². The molecule has 10 nitrogen and oxygen atoms in total. The number of nitrogens with one attached hydrogen (secondary N) is 1. The van der Waals surface area contributed by atoms with Crippen molar-refractivity contribution >= 4 is 11.8 Å². The number of nitriles is 1. The maximum atomic E-state index is 12.9. The van der Waals surface area contributed by atoms with E-state index in [1.165, 1.54) is 23.1 Å². The number of benzene rings is 1. The molecule has 10 heteroatoms. The number of carbonyl (C=O) groups is 1. The van der Waals surface area contributed by atoms with Gasteiger partial charge in [0.25, 0.3) is 5.56 Å². The summed E-state index contributed by atoms with van der Waals surface area (Å²) in [7, 11) is 0. The van der Waals surface area contributed by atoms with Gasteiger partial charge in [-0.3, -0.25) is 9.36 Å². The highest BCUT2D eigenvalue weighted by Gasteiger charge is 2.29. The Kier molecular flexibility index (Phi) is 11.9. The summed E-state index contributed by atoms with van der Waals surface area (Å²) in [6, 6.07) is 9.38. The lowest BCUT2D eigenvalue weighted by Gasteiger charge is -2.21. The molecule has 202 valence electrons. The Bertz CT molecular complexity index is 1180. The quantitative estimate of drug-likeness (QED) is 0.303. The molecule has 1 aromatic heterocycles. The number of hydrogen-bond donors (Lipinski definition) is 2. The van der Waals surface area contributed by atoms with E-state index in [1.54, 1.807) is 6.07 Å². The molecule has 1 heterocycles. The Morgan fingerprint density at radius 3 is 2.59 bits per heavy atom. The zero-order valence-electron chi connectivity index (χ0n) is 22.2. The van der Waals surface area contributed by atoms with Crippen molar-refractivity contribution in [1.29, 1.82) is 5.26 Å². The molecule has 0 amide bonds. The number of aryl methyl sites for hydroxylation is 2. The van der Waals surface area contributed by atoms with Gasteiger partial charge in [0.15, 0.2) is 5.60 Å². The van der Waals surface area contributed by atoms with Crippen LogP contribution in [0.15, 0.2) is 33.9 Å². The van der Waals surface area contributed by atoms with Crippen LogP contribution in [-0.4, -0.2) is 37.6 Å². The van der Waals surface area contributed by atoms with Crippen molar-refractivity contribution < 1.29 is 14.6 Å². The molecule has 1 aromatic carbocycles. The minimum atomic E-state index is -1.32. The van der Waals surface area contributed by atoms with E-state index in [2.05, 4.69) is 17.3 Å². The number of anilines is 1. The monoisotopic (exact) mass is 513 g/mol. The Balaban J connectivity index is 1.97. The van der Waals surface area contributed by atoms with Gasteiger partial charge >= 0.3 is 11.7 Å². The summed E-state index contributed by atoms with van der Waals surface area (Å²) in [5.74, 6) is -0.411. The van der Waals surface area contributed by atoms with Gasteiger partial charge in [-0.1, -0.05) is 44.7 Å². The second-order valence-electron chi connectivity index (χ2n) is 9.58. The summed E-state index contributed by atoms with van der Waals surface area (Å²) in [6.07, 6.45) is 7.45. The Hall–Kier alpha value is -3.61. The lowest BCUT2D eigenvalue weighted by Crippen LogP contribution is -2.43. The van der Waals surface area contributed by atoms with Crippen LogP contribution in [0, 0.1) is 11.3 Å². The van der Waals surface area contributed by atoms with Crippen LogP contribution in [0.1, 0.15) is 77.7 Å². The van der Waals surface area contributed by atoms with Crippen molar-refractivity contribution in [2.45, 2.75) is 97.2 Å². The van der Waals surface area contributed by atoms with Gasteiger partial charge in [0.05, 0.1) is 19.0 Å². The molecule has 37 heavy (non-hydrogen) atoms. The second kappa shape index (κ2) is 14.8. The van der Waals surface area contributed by atoms with Crippen molar-refractivity contribution in [3.05, 3.63) is 50.7 Å². The normalized spacial score (nSPS) is 11.2. The summed E-state index contributed by atoms with van der Waals surface area (Å²) >= 11 is 0. The van der Waals surface area contributed by atoms with Crippen molar-refractivity contribution in [3.8, 4) is 11.8 Å². The molecule has 0 bridgehead atoms. The molecule has 0 saturated carbocycles. The zero-order valence-corrected chi connectivity index (χ0v) is 22.2. The van der Waals surface area contributed by atoms with E-state index < -0.39 is 22.8 Å². The van der Waals surface area contributed by atoms with E-state index in [0.717, 1.165) is 56.9 Å². The summed E-state index contributed by atoms with van der Waals surface area (Å²) in [6.45, 7) is 6.11. The van der Waals surface area contributed by atoms with Crippen LogP contribution >= 0.6 is 0 Å². The van der Waals surface area contributed by atoms with Crippen LogP contribution in [0.4, 0.5) is 5.82 Å². The highest BCUT2D eigenvalue weighted by atomic mass is 16.5. The van der Waals surface area contributed by atoms with Gasteiger partial charge in [0.1, 0.15) is 5.75 Å². The first-order valence-corrected chi connectivity index (χ1v) is 13.0. The van der Waals surface area contributed by atoms with Crippen molar-refractivity contribution in [2.75, 3.05) is 11.9 Å². The SMILES string of the molecule is CCCCCCCn1c(=O)c(NCCCCc2cccc(OC(C)(C)C(=O)O)c2)nn(CCC#N)c1=O. The fourth-order valence-corrected chi connectivity index (χ4v) is 3.81. The van der Waals surface area contributed by atoms with Crippen molar-refractivity contribution in [3.63, 3.8) is 0 Å². The standard InChI is InChI=1S/C27H39N5O5/c1-4-5-6-7-10-18-31-24(33)23(30-32(26(31)36)19-12-16-28)29-17-9-8-13-21-14-11-15-22(20-21)37-27(2,3)25(34)35/h11,14-15,20H,4-10,12-13,17-19H2,1-3H3,(H,29,30)(H,34,35).